The highest BCUT2D eigenvalue weighted by molar-refractivity contribution is 7.89. The van der Waals surface area contributed by atoms with Crippen molar-refractivity contribution in [2.45, 2.75) is 52.6 Å². The zero-order valence-corrected chi connectivity index (χ0v) is 26.1. The first-order chi connectivity index (χ1) is 19.7. The summed E-state index contributed by atoms with van der Waals surface area (Å²) >= 11 is 0. The minimum atomic E-state index is -3.71. The Kier molecular flexibility index (Phi) is 8.69. The van der Waals surface area contributed by atoms with Crippen molar-refractivity contribution in [3.63, 3.8) is 0 Å². The van der Waals surface area contributed by atoms with E-state index in [1.54, 1.807) is 23.5 Å². The molecule has 0 saturated carbocycles. The van der Waals surface area contributed by atoms with Gasteiger partial charge < -0.3 is 18.3 Å². The second-order valence-electron chi connectivity index (χ2n) is 10.0. The van der Waals surface area contributed by atoms with E-state index in [0.717, 1.165) is 49.7 Å². The molecule has 4 aromatic rings. The lowest BCUT2D eigenvalue weighted by molar-refractivity contribution is 0.221. The van der Waals surface area contributed by atoms with Crippen molar-refractivity contribution in [3.8, 4) is 22.6 Å². The molecule has 41 heavy (non-hydrogen) atoms. The molecule has 1 aliphatic heterocycles. The molecule has 9 heteroatoms. The summed E-state index contributed by atoms with van der Waals surface area (Å²) in [6, 6.07) is 19.2. The molecule has 1 heterocycles. The third-order valence-corrected chi connectivity index (χ3v) is 10.6. The number of benzene rings is 4. The number of rotatable bonds is 10. The third-order valence-electron chi connectivity index (χ3n) is 7.54. The number of fused-ring (bicyclic) bond motifs is 2. The Morgan fingerprint density at radius 3 is 2.07 bits per heavy atom. The van der Waals surface area contributed by atoms with E-state index in [1.807, 2.05) is 71.0 Å². The number of hydrogen-bond acceptors (Lipinski definition) is 6. The molecule has 0 unspecified atom stereocenters. The van der Waals surface area contributed by atoms with Gasteiger partial charge in [0.1, 0.15) is 11.5 Å². The summed E-state index contributed by atoms with van der Waals surface area (Å²) in [7, 11) is -3.73. The number of sulfonamides is 1. The molecule has 0 bridgehead atoms. The van der Waals surface area contributed by atoms with E-state index in [4.69, 9.17) is 18.3 Å². The fourth-order valence-electron chi connectivity index (χ4n) is 5.43. The molecular formula is C32H36NO6PS. The molecule has 4 aromatic carbocycles. The van der Waals surface area contributed by atoms with Gasteiger partial charge in [0.25, 0.3) is 0 Å². The second kappa shape index (κ2) is 12.1. The van der Waals surface area contributed by atoms with Gasteiger partial charge in [0.15, 0.2) is 0 Å². The van der Waals surface area contributed by atoms with Crippen LogP contribution in [0.1, 0.15) is 41.7 Å². The van der Waals surface area contributed by atoms with Crippen LogP contribution in [0, 0.1) is 20.8 Å². The average Bonchev–Trinajstić information content (AvgIpc) is 3.43. The van der Waals surface area contributed by atoms with E-state index in [1.165, 1.54) is 0 Å². The van der Waals surface area contributed by atoms with Crippen molar-refractivity contribution in [2.24, 2.45) is 0 Å². The van der Waals surface area contributed by atoms with Gasteiger partial charge in [-0.1, -0.05) is 48.0 Å². The maximum atomic E-state index is 13.7. The van der Waals surface area contributed by atoms with E-state index < -0.39 is 18.6 Å². The van der Waals surface area contributed by atoms with E-state index in [-0.39, 0.29) is 18.0 Å². The summed E-state index contributed by atoms with van der Waals surface area (Å²) in [6.45, 7) is 11.2. The van der Waals surface area contributed by atoms with Gasteiger partial charge in [0.05, 0.1) is 25.2 Å². The molecule has 0 radical (unpaired) electrons. The highest BCUT2D eigenvalue weighted by Crippen LogP contribution is 2.53. The standard InChI is InChI=1S/C32H36NO6PS/c1-7-37-40(38-8-2)39-32-23(5)28-20-33(41(34,35)25-16-13-21(3)14-17-25)19-27(28)22(4)30(32)31-26-12-10-9-11-24(26)15-18-29(31)36-6/h9-18H,7-8,19-20H2,1-6H3. The average molecular weight is 594 g/mol. The molecule has 5 rings (SSSR count). The van der Waals surface area contributed by atoms with E-state index in [2.05, 4.69) is 12.1 Å². The summed E-state index contributed by atoms with van der Waals surface area (Å²) in [5.74, 6) is 1.33. The van der Waals surface area contributed by atoms with Crippen LogP contribution in [0.25, 0.3) is 21.9 Å². The fourth-order valence-corrected chi connectivity index (χ4v) is 7.79. The Morgan fingerprint density at radius 2 is 1.44 bits per heavy atom. The maximum absolute atomic E-state index is 13.7. The molecule has 1 aliphatic rings. The largest absolute Gasteiger partial charge is 0.496 e. The second-order valence-corrected chi connectivity index (χ2v) is 13.1. The minimum absolute atomic E-state index is 0.253. The smallest absolute Gasteiger partial charge is 0.397 e. The predicted octanol–water partition coefficient (Wildman–Crippen LogP) is 7.82. The summed E-state index contributed by atoms with van der Waals surface area (Å²) in [6.07, 6.45) is 0. The first-order valence-electron chi connectivity index (χ1n) is 13.7. The Balaban J connectivity index is 1.73. The van der Waals surface area contributed by atoms with Crippen LogP contribution >= 0.6 is 8.60 Å². The highest BCUT2D eigenvalue weighted by Gasteiger charge is 2.36. The van der Waals surface area contributed by atoms with Gasteiger partial charge in [-0.05, 0) is 85.8 Å². The first-order valence-corrected chi connectivity index (χ1v) is 16.3. The molecule has 0 saturated heterocycles. The molecule has 0 aliphatic carbocycles. The lowest BCUT2D eigenvalue weighted by Gasteiger charge is -2.25. The van der Waals surface area contributed by atoms with Gasteiger partial charge in [-0.2, -0.15) is 4.31 Å². The van der Waals surface area contributed by atoms with Crippen LogP contribution in [0.3, 0.4) is 0 Å². The highest BCUT2D eigenvalue weighted by atomic mass is 32.2. The van der Waals surface area contributed by atoms with Crippen molar-refractivity contribution in [2.75, 3.05) is 20.3 Å². The molecule has 0 amide bonds. The van der Waals surface area contributed by atoms with Crippen molar-refractivity contribution in [1.82, 2.24) is 4.31 Å². The summed E-state index contributed by atoms with van der Waals surface area (Å²) < 4.78 is 53.2. The van der Waals surface area contributed by atoms with Crippen LogP contribution in [0.4, 0.5) is 0 Å². The quantitative estimate of drug-likeness (QED) is 0.175. The normalized spacial score (nSPS) is 13.6. The summed E-state index contributed by atoms with van der Waals surface area (Å²) in [5.41, 5.74) is 6.50. The van der Waals surface area contributed by atoms with Crippen molar-refractivity contribution in [3.05, 3.63) is 88.5 Å². The molecule has 0 atom stereocenters. The zero-order chi connectivity index (χ0) is 29.3. The Morgan fingerprint density at radius 1 is 0.805 bits per heavy atom. The van der Waals surface area contributed by atoms with Crippen molar-refractivity contribution < 1.29 is 26.7 Å². The van der Waals surface area contributed by atoms with Crippen molar-refractivity contribution >= 4 is 29.4 Å². The Labute approximate surface area is 244 Å². The number of nitrogens with zero attached hydrogens (tertiary/aromatic N) is 1. The lowest BCUT2D eigenvalue weighted by Crippen LogP contribution is -2.25. The number of aryl methyl sites for hydroxylation is 1. The molecule has 0 aromatic heterocycles. The topological polar surface area (TPSA) is 74.3 Å². The van der Waals surface area contributed by atoms with Crippen LogP contribution in [0.2, 0.25) is 0 Å². The third kappa shape index (κ3) is 5.47. The lowest BCUT2D eigenvalue weighted by atomic mass is 9.87. The Bertz CT molecular complexity index is 1680. The van der Waals surface area contributed by atoms with Gasteiger partial charge in [-0.15, -0.1) is 0 Å². The van der Waals surface area contributed by atoms with E-state index in [9.17, 15) is 8.42 Å². The SMILES string of the molecule is CCOP(OCC)Oc1c(C)c2c(c(C)c1-c1c(OC)ccc3ccccc13)CN(S(=O)(=O)c1ccc(C)cc1)C2. The monoisotopic (exact) mass is 593 g/mol. The molecule has 0 spiro atoms. The molecule has 7 nitrogen and oxygen atoms in total. The number of methoxy groups -OCH3 is 1. The fraction of sp³-hybridized carbons (Fsp3) is 0.312. The van der Waals surface area contributed by atoms with Gasteiger partial charge in [0.2, 0.25) is 10.0 Å². The molecule has 0 fully saturated rings. The van der Waals surface area contributed by atoms with Gasteiger partial charge in [-0.3, -0.25) is 0 Å². The van der Waals surface area contributed by atoms with Crippen molar-refractivity contribution in [1.29, 1.82) is 0 Å². The summed E-state index contributed by atoms with van der Waals surface area (Å²) in [5, 5.41) is 2.07. The minimum Gasteiger partial charge on any atom is -0.496 e. The maximum Gasteiger partial charge on any atom is 0.397 e. The van der Waals surface area contributed by atoms with Crippen LogP contribution in [0.15, 0.2) is 65.6 Å². The molecular weight excluding hydrogens is 557 g/mol. The van der Waals surface area contributed by atoms with Gasteiger partial charge >= 0.3 is 8.60 Å². The van der Waals surface area contributed by atoms with Gasteiger partial charge in [0, 0.05) is 24.2 Å². The van der Waals surface area contributed by atoms with Crippen LogP contribution in [-0.2, 0) is 32.2 Å². The van der Waals surface area contributed by atoms with E-state index >= 15 is 0 Å². The molecule has 216 valence electrons. The van der Waals surface area contributed by atoms with E-state index in [0.29, 0.717) is 24.7 Å². The van der Waals surface area contributed by atoms with Gasteiger partial charge in [-0.25, -0.2) is 8.42 Å². The first kappa shape index (κ1) is 29.5. The Hall–Kier alpha value is -3.00. The van der Waals surface area contributed by atoms with Crippen LogP contribution < -0.4 is 9.26 Å². The molecule has 0 N–H and O–H groups in total. The van der Waals surface area contributed by atoms with Crippen LogP contribution in [-0.4, -0.2) is 33.0 Å². The number of hydrogen-bond donors (Lipinski definition) is 0. The number of ether oxygens (including phenoxy) is 1. The summed E-state index contributed by atoms with van der Waals surface area (Å²) in [4.78, 5) is 0.287. The predicted molar refractivity (Wildman–Crippen MR) is 164 cm³/mol. The van der Waals surface area contributed by atoms with Crippen LogP contribution in [0.5, 0.6) is 11.5 Å². The zero-order valence-electron chi connectivity index (χ0n) is 24.4.